The van der Waals surface area contributed by atoms with E-state index in [0.717, 1.165) is 10.9 Å². The Balaban J connectivity index is 1.81. The lowest BCUT2D eigenvalue weighted by Gasteiger charge is -2.30. The van der Waals surface area contributed by atoms with Gasteiger partial charge in [0, 0.05) is 10.9 Å². The van der Waals surface area contributed by atoms with Gasteiger partial charge in [0.15, 0.2) is 5.75 Å². The highest BCUT2D eigenvalue weighted by molar-refractivity contribution is 9.10. The van der Waals surface area contributed by atoms with Gasteiger partial charge in [0.05, 0.1) is 22.7 Å². The molecule has 1 aliphatic heterocycles. The van der Waals surface area contributed by atoms with Crippen molar-refractivity contribution in [2.24, 2.45) is 0 Å². The first-order valence-electron chi connectivity index (χ1n) is 7.66. The predicted octanol–water partition coefficient (Wildman–Crippen LogP) is 2.54. The van der Waals surface area contributed by atoms with Gasteiger partial charge in [-0.1, -0.05) is 23.7 Å². The van der Waals surface area contributed by atoms with Gasteiger partial charge >= 0.3 is 0 Å². The number of hydrogen-bond donors (Lipinski definition) is 1. The van der Waals surface area contributed by atoms with Crippen LogP contribution in [0.5, 0.6) is 11.5 Å². The Labute approximate surface area is 153 Å². The zero-order valence-electron chi connectivity index (χ0n) is 13.1. The third-order valence-electron chi connectivity index (χ3n) is 4.14. The van der Waals surface area contributed by atoms with E-state index in [9.17, 15) is 9.90 Å². The van der Waals surface area contributed by atoms with Crippen LogP contribution in [0, 0.1) is 0 Å². The standard InChI is InChI=1S/C18H12BBrN2O3/c19-12-7-10(8-13(20)16(12)23)18(24)22-5-6-25-17-11-3-1-2-4-14(11)21-9-15(17)22/h1-4,7-9,23H,5-6H2. The number of carbonyl (C=O) groups excluding carboxylic acids is 1. The number of benzene rings is 2. The number of rotatable bonds is 1. The minimum atomic E-state index is -0.228. The normalized spacial score (nSPS) is 13.4. The van der Waals surface area contributed by atoms with E-state index < -0.39 is 0 Å². The van der Waals surface area contributed by atoms with Crippen LogP contribution in [0.15, 0.2) is 47.1 Å². The summed E-state index contributed by atoms with van der Waals surface area (Å²) in [7, 11) is 5.77. The molecule has 0 saturated carbocycles. The van der Waals surface area contributed by atoms with Crippen LogP contribution >= 0.6 is 15.9 Å². The Hall–Kier alpha value is -2.54. The first-order chi connectivity index (χ1) is 12.1. The molecule has 1 N–H and O–H groups in total. The molecule has 3 aromatic rings. The molecule has 1 amide bonds. The number of aromatic hydroxyl groups is 1. The zero-order valence-corrected chi connectivity index (χ0v) is 14.7. The van der Waals surface area contributed by atoms with Crippen molar-refractivity contribution in [1.29, 1.82) is 0 Å². The van der Waals surface area contributed by atoms with Gasteiger partial charge in [-0.15, -0.1) is 0 Å². The summed E-state index contributed by atoms with van der Waals surface area (Å²) in [6, 6.07) is 10.7. The highest BCUT2D eigenvalue weighted by Gasteiger charge is 2.27. The fourth-order valence-corrected chi connectivity index (χ4v) is 3.40. The van der Waals surface area contributed by atoms with Crippen molar-refractivity contribution in [3.8, 4) is 11.5 Å². The smallest absolute Gasteiger partial charge is 0.258 e. The van der Waals surface area contributed by atoms with Crippen molar-refractivity contribution in [3.05, 3.63) is 52.6 Å². The average Bonchev–Trinajstić information content (AvgIpc) is 2.64. The monoisotopic (exact) mass is 394 g/mol. The molecule has 7 heteroatoms. The van der Waals surface area contributed by atoms with Crippen molar-refractivity contribution < 1.29 is 14.6 Å². The number of para-hydroxylation sites is 1. The maximum absolute atomic E-state index is 13.0. The molecule has 1 aromatic heterocycles. The van der Waals surface area contributed by atoms with E-state index in [4.69, 9.17) is 12.6 Å². The molecule has 1 aliphatic rings. The molecule has 2 aromatic carbocycles. The maximum atomic E-state index is 13.0. The van der Waals surface area contributed by atoms with Gasteiger partial charge in [-0.05, 0) is 34.1 Å². The van der Waals surface area contributed by atoms with Crippen LogP contribution in [0.1, 0.15) is 10.4 Å². The molecule has 0 aliphatic carbocycles. The van der Waals surface area contributed by atoms with Gasteiger partial charge in [-0.3, -0.25) is 9.78 Å². The summed E-state index contributed by atoms with van der Waals surface area (Å²) >= 11 is 3.22. The molecule has 4 rings (SSSR count). The number of nitrogens with zero attached hydrogens (tertiary/aromatic N) is 2. The molecule has 0 saturated heterocycles. The molecule has 2 radical (unpaired) electrons. The van der Waals surface area contributed by atoms with Crippen molar-refractivity contribution in [2.45, 2.75) is 0 Å². The van der Waals surface area contributed by atoms with Gasteiger partial charge in [-0.25, -0.2) is 0 Å². The van der Waals surface area contributed by atoms with E-state index in [1.807, 2.05) is 24.3 Å². The number of fused-ring (bicyclic) bond motifs is 3. The van der Waals surface area contributed by atoms with E-state index >= 15 is 0 Å². The molecular formula is C18H12BBrN2O3. The Morgan fingerprint density at radius 1 is 1.32 bits per heavy atom. The number of phenols is 1. The number of hydrogen-bond acceptors (Lipinski definition) is 4. The number of amides is 1. The second-order valence-electron chi connectivity index (χ2n) is 5.69. The Kier molecular flexibility index (Phi) is 3.88. The van der Waals surface area contributed by atoms with Crippen LogP contribution in [0.3, 0.4) is 0 Å². The van der Waals surface area contributed by atoms with E-state index in [-0.39, 0.29) is 17.1 Å². The summed E-state index contributed by atoms with van der Waals surface area (Å²) in [5.74, 6) is 0.344. The van der Waals surface area contributed by atoms with Gasteiger partial charge in [-0.2, -0.15) is 0 Å². The van der Waals surface area contributed by atoms with E-state index in [1.54, 1.807) is 17.2 Å². The number of phenolic OH excluding ortho intramolecular Hbond substituents is 1. The molecule has 0 bridgehead atoms. The second kappa shape index (κ2) is 6.08. The number of carbonyl (C=O) groups is 1. The van der Waals surface area contributed by atoms with Crippen molar-refractivity contribution in [1.82, 2.24) is 4.98 Å². The highest BCUT2D eigenvalue weighted by Crippen LogP contribution is 2.38. The van der Waals surface area contributed by atoms with Crippen LogP contribution in [0.2, 0.25) is 0 Å². The number of halogens is 1. The fraction of sp³-hybridized carbons (Fsp3) is 0.111. The molecular weight excluding hydrogens is 383 g/mol. The van der Waals surface area contributed by atoms with Crippen LogP contribution in [-0.4, -0.2) is 37.0 Å². The van der Waals surface area contributed by atoms with Crippen molar-refractivity contribution in [2.75, 3.05) is 18.1 Å². The molecule has 25 heavy (non-hydrogen) atoms. The Morgan fingerprint density at radius 3 is 2.92 bits per heavy atom. The second-order valence-corrected chi connectivity index (χ2v) is 6.55. The summed E-state index contributed by atoms with van der Waals surface area (Å²) in [5, 5.41) is 10.6. The molecule has 0 unspecified atom stereocenters. The summed E-state index contributed by atoms with van der Waals surface area (Å²) in [4.78, 5) is 19.0. The van der Waals surface area contributed by atoms with Crippen LogP contribution in [0.25, 0.3) is 10.9 Å². The van der Waals surface area contributed by atoms with Crippen LogP contribution in [-0.2, 0) is 0 Å². The largest absolute Gasteiger partial charge is 0.507 e. The number of aromatic nitrogens is 1. The SMILES string of the molecule is [B]c1cc(C(=O)N2CCOc3c2cnc2ccccc32)cc(Br)c1O. The minimum absolute atomic E-state index is 0.0772. The molecule has 0 atom stereocenters. The zero-order chi connectivity index (χ0) is 17.6. The third kappa shape index (κ3) is 2.64. The Bertz CT molecular complexity index is 986. The van der Waals surface area contributed by atoms with Crippen molar-refractivity contribution in [3.63, 3.8) is 0 Å². The van der Waals surface area contributed by atoms with E-state index in [1.165, 1.54) is 6.07 Å². The summed E-state index contributed by atoms with van der Waals surface area (Å²) in [6.07, 6.45) is 1.65. The van der Waals surface area contributed by atoms with Crippen molar-refractivity contribution >= 4 is 51.7 Å². The third-order valence-corrected chi connectivity index (χ3v) is 4.75. The van der Waals surface area contributed by atoms with Crippen LogP contribution < -0.4 is 15.1 Å². The highest BCUT2D eigenvalue weighted by atomic mass is 79.9. The molecule has 0 fully saturated rings. The van der Waals surface area contributed by atoms with Gasteiger partial charge in [0.2, 0.25) is 0 Å². The lowest BCUT2D eigenvalue weighted by molar-refractivity contribution is 0.0977. The molecule has 122 valence electrons. The summed E-state index contributed by atoms with van der Waals surface area (Å²) in [5.41, 5.74) is 1.95. The van der Waals surface area contributed by atoms with Gasteiger partial charge in [0.1, 0.15) is 25.9 Å². The summed E-state index contributed by atoms with van der Waals surface area (Å²) in [6.45, 7) is 0.797. The van der Waals surface area contributed by atoms with Gasteiger partial charge < -0.3 is 14.7 Å². The lowest BCUT2D eigenvalue weighted by Crippen LogP contribution is -2.38. The molecule has 2 heterocycles. The number of anilines is 1. The summed E-state index contributed by atoms with van der Waals surface area (Å²) < 4.78 is 6.19. The number of ether oxygens (including phenoxy) is 1. The first-order valence-corrected chi connectivity index (χ1v) is 8.46. The fourth-order valence-electron chi connectivity index (χ4n) is 2.92. The minimum Gasteiger partial charge on any atom is -0.507 e. The molecule has 5 nitrogen and oxygen atoms in total. The number of pyridine rings is 1. The first kappa shape index (κ1) is 16.0. The maximum Gasteiger partial charge on any atom is 0.258 e. The van der Waals surface area contributed by atoms with E-state index in [2.05, 4.69) is 20.9 Å². The predicted molar refractivity (Wildman–Crippen MR) is 100 cm³/mol. The van der Waals surface area contributed by atoms with Gasteiger partial charge in [0.25, 0.3) is 5.91 Å². The van der Waals surface area contributed by atoms with E-state index in [0.29, 0.717) is 34.6 Å². The quantitative estimate of drug-likeness (QED) is 0.644. The average molecular weight is 395 g/mol. The molecule has 0 spiro atoms. The topological polar surface area (TPSA) is 62.7 Å². The van der Waals surface area contributed by atoms with Crippen LogP contribution in [0.4, 0.5) is 5.69 Å². The Morgan fingerprint density at radius 2 is 2.12 bits per heavy atom. The lowest BCUT2D eigenvalue weighted by atomic mass is 9.92.